The first-order valence-corrected chi connectivity index (χ1v) is 10.4. The highest BCUT2D eigenvalue weighted by Crippen LogP contribution is 2.28. The molecule has 0 aliphatic carbocycles. The second-order valence-corrected chi connectivity index (χ2v) is 8.04. The minimum atomic E-state index is -0.978. The average Bonchev–Trinajstić information content (AvgIpc) is 2.73. The Morgan fingerprint density at radius 2 is 1.67 bits per heavy atom. The number of carbonyl (C=O) groups excluding carboxylic acids is 1. The van der Waals surface area contributed by atoms with Gasteiger partial charge in [0.15, 0.2) is 5.60 Å². The summed E-state index contributed by atoms with van der Waals surface area (Å²) in [5, 5.41) is 3.19. The fourth-order valence-corrected chi connectivity index (χ4v) is 3.31. The van der Waals surface area contributed by atoms with Gasteiger partial charge in [-0.2, -0.15) is 0 Å². The number of hydrogen-bond donors (Lipinski definition) is 1. The highest BCUT2D eigenvalue weighted by atomic mass is 16.5. The fourth-order valence-electron chi connectivity index (χ4n) is 3.31. The molecule has 2 atom stereocenters. The quantitative estimate of drug-likeness (QED) is 0.479. The van der Waals surface area contributed by atoms with Crippen molar-refractivity contribution in [3.8, 4) is 5.75 Å². The minimum Gasteiger partial charge on any atom is -0.478 e. The molecule has 158 valence electrons. The van der Waals surface area contributed by atoms with E-state index in [1.807, 2.05) is 60.7 Å². The molecule has 0 saturated carbocycles. The van der Waals surface area contributed by atoms with E-state index in [-0.39, 0.29) is 17.9 Å². The second kappa shape index (κ2) is 11.2. The van der Waals surface area contributed by atoms with Gasteiger partial charge >= 0.3 is 0 Å². The van der Waals surface area contributed by atoms with Crippen LogP contribution in [0.15, 0.2) is 97.1 Å². The Morgan fingerprint density at radius 1 is 1.07 bits per heavy atom. The molecule has 0 saturated heterocycles. The molecule has 0 bridgehead atoms. The molecular weight excluding hydrogens is 370 g/mol. The monoisotopic (exact) mass is 403 g/mol. The number of nitrogens with one attached hydrogen (secondary N) is 1. The van der Waals surface area contributed by atoms with Crippen molar-refractivity contribution in [1.29, 1.82) is 0 Å². The van der Waals surface area contributed by atoms with Crippen molar-refractivity contribution in [2.45, 2.75) is 51.7 Å². The molecule has 0 spiro atoms. The van der Waals surface area contributed by atoms with Gasteiger partial charge in [-0.1, -0.05) is 85.0 Å². The molecule has 0 aromatic heterocycles. The van der Waals surface area contributed by atoms with Gasteiger partial charge in [0, 0.05) is 12.0 Å². The fraction of sp³-hybridized carbons (Fsp3) is 0.296. The summed E-state index contributed by atoms with van der Waals surface area (Å²) in [7, 11) is 0. The van der Waals surface area contributed by atoms with Crippen LogP contribution in [-0.4, -0.2) is 17.6 Å². The summed E-state index contributed by atoms with van der Waals surface area (Å²) >= 11 is 0. The van der Waals surface area contributed by atoms with Crippen LogP contribution in [0, 0.1) is 0 Å². The molecule has 2 aromatic carbocycles. The standard InChI is InChI=1S/C27H33NO2/c1-6-7-10-15-21(2)20-25(23-16-11-8-12-17-23)22(3)28-26(29)27(4,5)30-24-18-13-9-14-19-24/h6-19,22,25H,1,20H2,2-5H3,(H,28,29)/b10-7-,21-15+. The molecule has 0 aliphatic rings. The molecule has 3 nitrogen and oxygen atoms in total. The lowest BCUT2D eigenvalue weighted by Crippen LogP contribution is -2.50. The lowest BCUT2D eigenvalue weighted by molar-refractivity contribution is -0.135. The number of carbonyl (C=O) groups is 1. The van der Waals surface area contributed by atoms with E-state index < -0.39 is 5.60 Å². The van der Waals surface area contributed by atoms with E-state index in [2.05, 4.69) is 44.0 Å². The number of hydrogen-bond acceptors (Lipinski definition) is 2. The van der Waals surface area contributed by atoms with E-state index in [0.29, 0.717) is 5.75 Å². The first-order valence-electron chi connectivity index (χ1n) is 10.4. The molecule has 2 rings (SSSR count). The van der Waals surface area contributed by atoms with Crippen molar-refractivity contribution in [3.05, 3.63) is 103 Å². The van der Waals surface area contributed by atoms with E-state index in [0.717, 1.165) is 6.42 Å². The second-order valence-electron chi connectivity index (χ2n) is 8.04. The molecule has 0 aliphatic heterocycles. The van der Waals surface area contributed by atoms with Crippen LogP contribution in [0.4, 0.5) is 0 Å². The van der Waals surface area contributed by atoms with Crippen LogP contribution in [0.5, 0.6) is 5.75 Å². The summed E-state index contributed by atoms with van der Waals surface area (Å²) in [5.74, 6) is 0.696. The molecule has 2 unspecified atom stereocenters. The maximum absolute atomic E-state index is 13.0. The highest BCUT2D eigenvalue weighted by molar-refractivity contribution is 5.85. The molecule has 0 radical (unpaired) electrons. The average molecular weight is 404 g/mol. The number of ether oxygens (including phenoxy) is 1. The van der Waals surface area contributed by atoms with Gasteiger partial charge in [0.2, 0.25) is 0 Å². The van der Waals surface area contributed by atoms with Crippen LogP contribution in [0.1, 0.15) is 45.6 Å². The Bertz CT molecular complexity index is 866. The number of benzene rings is 2. The normalized spacial score (nSPS) is 14.2. The Hall–Kier alpha value is -3.07. The van der Waals surface area contributed by atoms with Crippen molar-refractivity contribution in [1.82, 2.24) is 5.32 Å². The van der Waals surface area contributed by atoms with Gasteiger partial charge in [0.1, 0.15) is 5.75 Å². The first kappa shape index (κ1) is 23.2. The number of amides is 1. The summed E-state index contributed by atoms with van der Waals surface area (Å²) in [4.78, 5) is 13.0. The SMILES string of the molecule is C=C/C=C\C=C(/C)CC(c1ccccc1)C(C)NC(=O)C(C)(C)Oc1ccccc1. The molecule has 2 aromatic rings. The van der Waals surface area contributed by atoms with E-state index in [4.69, 9.17) is 4.74 Å². The summed E-state index contributed by atoms with van der Waals surface area (Å²) < 4.78 is 5.95. The Morgan fingerprint density at radius 3 is 2.27 bits per heavy atom. The van der Waals surface area contributed by atoms with Crippen LogP contribution in [0.25, 0.3) is 0 Å². The minimum absolute atomic E-state index is 0.0646. The summed E-state index contributed by atoms with van der Waals surface area (Å²) in [5.41, 5.74) is 1.46. The van der Waals surface area contributed by atoms with Gasteiger partial charge in [-0.15, -0.1) is 0 Å². The van der Waals surface area contributed by atoms with Gasteiger partial charge < -0.3 is 10.1 Å². The van der Waals surface area contributed by atoms with Crippen LogP contribution in [0.2, 0.25) is 0 Å². The van der Waals surface area contributed by atoms with Crippen molar-refractivity contribution < 1.29 is 9.53 Å². The summed E-state index contributed by atoms with van der Waals surface area (Å²) in [6.07, 6.45) is 8.60. The predicted octanol–water partition coefficient (Wildman–Crippen LogP) is 6.21. The largest absolute Gasteiger partial charge is 0.478 e. The van der Waals surface area contributed by atoms with Crippen molar-refractivity contribution >= 4 is 5.91 Å². The molecule has 0 heterocycles. The third-order valence-corrected chi connectivity index (χ3v) is 5.02. The summed E-state index contributed by atoms with van der Waals surface area (Å²) in [6.45, 7) is 11.5. The van der Waals surface area contributed by atoms with Crippen LogP contribution in [-0.2, 0) is 4.79 Å². The smallest absolute Gasteiger partial charge is 0.263 e. The molecular formula is C27H33NO2. The van der Waals surface area contributed by atoms with Crippen LogP contribution < -0.4 is 10.1 Å². The first-order chi connectivity index (χ1) is 14.3. The van der Waals surface area contributed by atoms with Gasteiger partial charge in [0.25, 0.3) is 5.91 Å². The molecule has 3 heteroatoms. The summed E-state index contributed by atoms with van der Waals surface area (Å²) in [6, 6.07) is 19.7. The molecule has 0 fully saturated rings. The van der Waals surface area contributed by atoms with Crippen molar-refractivity contribution in [2.75, 3.05) is 0 Å². The predicted molar refractivity (Wildman–Crippen MR) is 126 cm³/mol. The highest BCUT2D eigenvalue weighted by Gasteiger charge is 2.32. The number of para-hydroxylation sites is 1. The van der Waals surface area contributed by atoms with Gasteiger partial charge in [0.05, 0.1) is 0 Å². The van der Waals surface area contributed by atoms with Gasteiger partial charge in [-0.05, 0) is 51.8 Å². The molecule has 1 amide bonds. The topological polar surface area (TPSA) is 38.3 Å². The number of rotatable bonds is 10. The maximum atomic E-state index is 13.0. The van der Waals surface area contributed by atoms with E-state index in [9.17, 15) is 4.79 Å². The Kier molecular flexibility index (Phi) is 8.67. The third kappa shape index (κ3) is 7.07. The van der Waals surface area contributed by atoms with E-state index >= 15 is 0 Å². The van der Waals surface area contributed by atoms with Gasteiger partial charge in [-0.25, -0.2) is 0 Å². The zero-order valence-electron chi connectivity index (χ0n) is 18.5. The number of allylic oxidation sites excluding steroid dienone is 5. The van der Waals surface area contributed by atoms with Gasteiger partial charge in [-0.3, -0.25) is 4.79 Å². The van der Waals surface area contributed by atoms with Crippen molar-refractivity contribution in [3.63, 3.8) is 0 Å². The Labute approximate surface area is 181 Å². The maximum Gasteiger partial charge on any atom is 0.263 e. The lowest BCUT2D eigenvalue weighted by atomic mass is 9.86. The zero-order valence-corrected chi connectivity index (χ0v) is 18.5. The van der Waals surface area contributed by atoms with Crippen molar-refractivity contribution in [2.24, 2.45) is 0 Å². The lowest BCUT2D eigenvalue weighted by Gasteiger charge is -2.31. The molecule has 1 N–H and O–H groups in total. The zero-order chi connectivity index (χ0) is 22.0. The third-order valence-electron chi connectivity index (χ3n) is 5.02. The van der Waals surface area contributed by atoms with E-state index in [1.165, 1.54) is 11.1 Å². The van der Waals surface area contributed by atoms with Crippen LogP contribution >= 0.6 is 0 Å². The van der Waals surface area contributed by atoms with Crippen LogP contribution in [0.3, 0.4) is 0 Å². The molecule has 30 heavy (non-hydrogen) atoms. The van der Waals surface area contributed by atoms with E-state index in [1.54, 1.807) is 19.9 Å². The Balaban J connectivity index is 2.15.